The molecule has 2 aromatic rings. The van der Waals surface area contributed by atoms with Crippen molar-refractivity contribution in [1.82, 2.24) is 25.1 Å². The predicted molar refractivity (Wildman–Crippen MR) is 96.6 cm³/mol. The van der Waals surface area contributed by atoms with Crippen LogP contribution in [0.5, 0.6) is 11.8 Å². The zero-order valence-corrected chi connectivity index (χ0v) is 16.1. The Labute approximate surface area is 157 Å². The molecule has 9 nitrogen and oxygen atoms in total. The minimum atomic E-state index is -1.19. The maximum Gasteiger partial charge on any atom is 0.241 e. The third-order valence-corrected chi connectivity index (χ3v) is 5.11. The normalized spacial score (nSPS) is 16.3. The number of nitrogens with one attached hydrogen (secondary N) is 1. The average Bonchev–Trinajstić information content (AvgIpc) is 2.99. The van der Waals surface area contributed by atoms with Crippen LogP contribution in [0.2, 0.25) is 0 Å². The van der Waals surface area contributed by atoms with Gasteiger partial charge < -0.3 is 19.5 Å². The summed E-state index contributed by atoms with van der Waals surface area (Å²) in [5.41, 5.74) is 1.87. The highest BCUT2D eigenvalue weighted by Crippen LogP contribution is 2.36. The van der Waals surface area contributed by atoms with E-state index in [9.17, 15) is 9.90 Å². The van der Waals surface area contributed by atoms with Gasteiger partial charge in [0.1, 0.15) is 11.3 Å². The van der Waals surface area contributed by atoms with E-state index in [0.29, 0.717) is 43.9 Å². The summed E-state index contributed by atoms with van der Waals surface area (Å²) in [5.74, 6) is 0.580. The van der Waals surface area contributed by atoms with Gasteiger partial charge in [0.25, 0.3) is 0 Å². The van der Waals surface area contributed by atoms with Crippen LogP contribution in [0.15, 0.2) is 6.20 Å². The summed E-state index contributed by atoms with van der Waals surface area (Å²) in [4.78, 5) is 22.9. The van der Waals surface area contributed by atoms with E-state index in [4.69, 9.17) is 9.47 Å². The monoisotopic (exact) mass is 375 g/mol. The molecule has 0 spiro atoms. The number of hydrogen-bond acceptors (Lipinski definition) is 7. The number of aryl methyl sites for hydroxylation is 2. The smallest absolute Gasteiger partial charge is 0.241 e. The number of piperidine rings is 1. The first-order valence-electron chi connectivity index (χ1n) is 8.84. The fourth-order valence-corrected chi connectivity index (χ4v) is 3.38. The lowest BCUT2D eigenvalue weighted by molar-refractivity contribution is -0.135. The first kappa shape index (κ1) is 19.1. The molecule has 3 heterocycles. The van der Waals surface area contributed by atoms with Gasteiger partial charge in [0.2, 0.25) is 17.7 Å². The van der Waals surface area contributed by atoms with Crippen molar-refractivity contribution in [3.63, 3.8) is 0 Å². The molecule has 0 aliphatic carbocycles. The molecule has 146 valence electrons. The van der Waals surface area contributed by atoms with Crippen LogP contribution < -0.4 is 9.47 Å². The van der Waals surface area contributed by atoms with Gasteiger partial charge in [0, 0.05) is 24.3 Å². The van der Waals surface area contributed by atoms with E-state index >= 15 is 0 Å². The third kappa shape index (κ3) is 3.73. The second-order valence-electron chi connectivity index (χ2n) is 6.77. The number of carbonyl (C=O) groups is 1. The molecular weight excluding hydrogens is 350 g/mol. The lowest BCUT2D eigenvalue weighted by atomic mass is 9.87. The number of aliphatic hydroxyl groups is 1. The van der Waals surface area contributed by atoms with Gasteiger partial charge >= 0.3 is 0 Å². The molecule has 3 rings (SSSR count). The Bertz CT molecular complexity index is 808. The molecule has 27 heavy (non-hydrogen) atoms. The summed E-state index contributed by atoms with van der Waals surface area (Å²) in [5, 5.41) is 18.1. The Morgan fingerprint density at radius 1 is 1.30 bits per heavy atom. The molecule has 0 unspecified atom stereocenters. The van der Waals surface area contributed by atoms with Gasteiger partial charge in [-0.25, -0.2) is 4.98 Å². The second-order valence-corrected chi connectivity index (χ2v) is 6.77. The highest BCUT2D eigenvalue weighted by molar-refractivity contribution is 5.79. The minimum absolute atomic E-state index is 0.0254. The van der Waals surface area contributed by atoms with E-state index in [1.54, 1.807) is 4.90 Å². The molecule has 1 aliphatic heterocycles. The highest BCUT2D eigenvalue weighted by atomic mass is 16.5. The van der Waals surface area contributed by atoms with E-state index < -0.39 is 5.60 Å². The van der Waals surface area contributed by atoms with Crippen LogP contribution in [0.4, 0.5) is 0 Å². The maximum absolute atomic E-state index is 12.7. The van der Waals surface area contributed by atoms with Crippen molar-refractivity contribution in [3.8, 4) is 11.8 Å². The lowest BCUT2D eigenvalue weighted by Gasteiger charge is -2.38. The summed E-state index contributed by atoms with van der Waals surface area (Å²) in [6.07, 6.45) is 2.48. The number of rotatable bonds is 5. The SMILES string of the molecule is COc1cnc(C2(O)CCN(C(=O)Cc3c(C)n[nH]c3C)CC2)c(OC)n1. The summed E-state index contributed by atoms with van der Waals surface area (Å²) in [7, 11) is 2.97. The van der Waals surface area contributed by atoms with Crippen molar-refractivity contribution < 1.29 is 19.4 Å². The molecule has 0 radical (unpaired) electrons. The maximum atomic E-state index is 12.7. The van der Waals surface area contributed by atoms with Crippen LogP contribution in [-0.2, 0) is 16.8 Å². The molecule has 2 N–H and O–H groups in total. The van der Waals surface area contributed by atoms with Gasteiger partial charge in [-0.15, -0.1) is 0 Å². The van der Waals surface area contributed by atoms with Crippen molar-refractivity contribution in [2.45, 2.75) is 38.7 Å². The van der Waals surface area contributed by atoms with Crippen molar-refractivity contribution in [2.75, 3.05) is 27.3 Å². The molecule has 1 aliphatic rings. The number of likely N-dealkylation sites (tertiary alicyclic amines) is 1. The fourth-order valence-electron chi connectivity index (χ4n) is 3.38. The first-order chi connectivity index (χ1) is 12.9. The number of amides is 1. The van der Waals surface area contributed by atoms with Gasteiger partial charge in [-0.2, -0.15) is 10.1 Å². The van der Waals surface area contributed by atoms with Crippen LogP contribution in [0.3, 0.4) is 0 Å². The standard InChI is InChI=1S/C18H25N5O4/c1-11-13(12(2)22-21-11)9-15(24)23-7-5-18(25,6-8-23)16-17(27-4)20-14(26-3)10-19-16/h10,25H,5-9H2,1-4H3,(H,21,22). The molecule has 1 fully saturated rings. The lowest BCUT2D eigenvalue weighted by Crippen LogP contribution is -2.46. The number of carbonyl (C=O) groups excluding carboxylic acids is 1. The van der Waals surface area contributed by atoms with Crippen LogP contribution >= 0.6 is 0 Å². The number of aromatic amines is 1. The number of ether oxygens (including phenoxy) is 2. The molecule has 0 atom stereocenters. The average molecular weight is 375 g/mol. The largest absolute Gasteiger partial charge is 0.480 e. The van der Waals surface area contributed by atoms with Gasteiger partial charge in [-0.05, 0) is 26.7 Å². The zero-order chi connectivity index (χ0) is 19.6. The van der Waals surface area contributed by atoms with Crippen LogP contribution in [0.25, 0.3) is 0 Å². The Hall–Kier alpha value is -2.68. The number of hydrogen-bond donors (Lipinski definition) is 2. The van der Waals surface area contributed by atoms with Crippen LogP contribution in [-0.4, -0.2) is 63.4 Å². The molecular formula is C18H25N5O4. The number of H-pyrrole nitrogens is 1. The Morgan fingerprint density at radius 3 is 2.56 bits per heavy atom. The predicted octanol–water partition coefficient (Wildman–Crippen LogP) is 0.886. The van der Waals surface area contributed by atoms with E-state index in [2.05, 4.69) is 20.2 Å². The van der Waals surface area contributed by atoms with Crippen LogP contribution in [0.1, 0.15) is 35.5 Å². The Kier molecular flexibility index (Phi) is 5.31. The van der Waals surface area contributed by atoms with Crippen molar-refractivity contribution in [3.05, 3.63) is 28.8 Å². The topological polar surface area (TPSA) is 113 Å². The number of nitrogens with zero attached hydrogens (tertiary/aromatic N) is 4. The quantitative estimate of drug-likeness (QED) is 0.798. The van der Waals surface area contributed by atoms with Crippen molar-refractivity contribution in [2.24, 2.45) is 0 Å². The summed E-state index contributed by atoms with van der Waals surface area (Å²) in [6, 6.07) is 0. The molecule has 2 aromatic heterocycles. The Morgan fingerprint density at radius 2 is 2.00 bits per heavy atom. The van der Waals surface area contributed by atoms with Gasteiger partial charge in [-0.1, -0.05) is 0 Å². The molecule has 0 aromatic carbocycles. The van der Waals surface area contributed by atoms with E-state index in [1.807, 2.05) is 13.8 Å². The van der Waals surface area contributed by atoms with E-state index in [0.717, 1.165) is 17.0 Å². The first-order valence-corrected chi connectivity index (χ1v) is 8.84. The van der Waals surface area contributed by atoms with E-state index in [-0.39, 0.29) is 11.8 Å². The molecule has 9 heteroatoms. The van der Waals surface area contributed by atoms with Crippen molar-refractivity contribution in [1.29, 1.82) is 0 Å². The van der Waals surface area contributed by atoms with Gasteiger partial charge in [-0.3, -0.25) is 9.89 Å². The summed E-state index contributed by atoms with van der Waals surface area (Å²) < 4.78 is 10.3. The molecule has 1 saturated heterocycles. The Balaban J connectivity index is 1.70. The molecule has 0 bridgehead atoms. The van der Waals surface area contributed by atoms with Gasteiger partial charge in [0.15, 0.2) is 0 Å². The summed E-state index contributed by atoms with van der Waals surface area (Å²) in [6.45, 7) is 4.66. The molecule has 0 saturated carbocycles. The van der Waals surface area contributed by atoms with Gasteiger partial charge in [0.05, 0.1) is 32.5 Å². The number of aromatic nitrogens is 4. The fraction of sp³-hybridized carbons (Fsp3) is 0.556. The third-order valence-electron chi connectivity index (χ3n) is 5.11. The zero-order valence-electron chi connectivity index (χ0n) is 16.1. The minimum Gasteiger partial charge on any atom is -0.480 e. The highest BCUT2D eigenvalue weighted by Gasteiger charge is 2.39. The number of methoxy groups -OCH3 is 2. The van der Waals surface area contributed by atoms with Crippen LogP contribution in [0, 0.1) is 13.8 Å². The second kappa shape index (κ2) is 7.51. The van der Waals surface area contributed by atoms with Crippen molar-refractivity contribution >= 4 is 5.91 Å². The summed E-state index contributed by atoms with van der Waals surface area (Å²) >= 11 is 0. The van der Waals surface area contributed by atoms with E-state index in [1.165, 1.54) is 20.4 Å². The molecule has 1 amide bonds.